The van der Waals surface area contributed by atoms with E-state index in [1.165, 1.54) is 7.11 Å². The van der Waals surface area contributed by atoms with E-state index < -0.39 is 17.9 Å². The van der Waals surface area contributed by atoms with Crippen LogP contribution in [0.15, 0.2) is 11.4 Å². The summed E-state index contributed by atoms with van der Waals surface area (Å²) in [6.07, 6.45) is 7.70. The SMILES string of the molecule is CCc1c2[n-]c(c1C)/C=C1\[N-]/C(=C3\c4[n-]c(c(C)c4C(=O)[C@@H]3C(=O)OC)/C=c3\[n-]/c(c(C)c3CC)=C\2)[C@@H](CCC(=O)O)[C@@H]1C.[Mg+2]. The van der Waals surface area contributed by atoms with Crippen LogP contribution >= 0.6 is 0 Å². The number of hydrogen-bond acceptors (Lipinski definition) is 4. The van der Waals surface area contributed by atoms with E-state index >= 15 is 0 Å². The summed E-state index contributed by atoms with van der Waals surface area (Å²) in [6.45, 7) is 12.2. The minimum absolute atomic E-state index is 0. The zero-order valence-corrected chi connectivity index (χ0v) is 28.3. The number of carboxylic acid groups (broad SMARTS) is 1. The van der Waals surface area contributed by atoms with Gasteiger partial charge in [0.25, 0.3) is 0 Å². The van der Waals surface area contributed by atoms with Gasteiger partial charge in [0, 0.05) is 12.0 Å². The van der Waals surface area contributed by atoms with Crippen molar-refractivity contribution >= 4 is 64.6 Å². The molecule has 0 aromatic carbocycles. The van der Waals surface area contributed by atoms with E-state index in [1.54, 1.807) is 0 Å². The van der Waals surface area contributed by atoms with Gasteiger partial charge < -0.3 is 30.1 Å². The van der Waals surface area contributed by atoms with Gasteiger partial charge in [0.1, 0.15) is 5.92 Å². The predicted octanol–water partition coefficient (Wildman–Crippen LogP) is 3.44. The second kappa shape index (κ2) is 12.2. The van der Waals surface area contributed by atoms with Crippen LogP contribution in [0.2, 0.25) is 0 Å². The van der Waals surface area contributed by atoms with Crippen LogP contribution in [0.5, 0.6) is 0 Å². The van der Waals surface area contributed by atoms with Crippen LogP contribution in [0.3, 0.4) is 0 Å². The van der Waals surface area contributed by atoms with Gasteiger partial charge in [0.05, 0.1) is 7.11 Å². The summed E-state index contributed by atoms with van der Waals surface area (Å²) in [6, 6.07) is 0. The number of ether oxygens (including phenoxy) is 1. The van der Waals surface area contributed by atoms with Gasteiger partial charge in [-0.1, -0.05) is 72.4 Å². The van der Waals surface area contributed by atoms with Crippen molar-refractivity contribution in [2.45, 2.75) is 67.2 Å². The summed E-state index contributed by atoms with van der Waals surface area (Å²) >= 11 is 0. The van der Waals surface area contributed by atoms with E-state index in [0.717, 1.165) is 62.9 Å². The van der Waals surface area contributed by atoms with Crippen LogP contribution in [-0.2, 0) is 27.2 Å². The Bertz CT molecular complexity index is 1940. The van der Waals surface area contributed by atoms with Crippen LogP contribution < -0.4 is 25.7 Å². The van der Waals surface area contributed by atoms with Crippen molar-refractivity contribution in [1.82, 2.24) is 15.0 Å². The smallest absolute Gasteiger partial charge is 0.664 e. The molecule has 6 rings (SSSR count). The Morgan fingerprint density at radius 3 is 2.20 bits per heavy atom. The summed E-state index contributed by atoms with van der Waals surface area (Å²) in [5.41, 5.74) is 9.76. The topological polar surface area (TPSA) is 137 Å². The Balaban J connectivity index is 0.00000400. The number of hydrogen-bond donors (Lipinski definition) is 1. The zero-order chi connectivity index (χ0) is 31.6. The van der Waals surface area contributed by atoms with Gasteiger partial charge >= 0.3 is 35.0 Å². The second-order valence-corrected chi connectivity index (χ2v) is 11.9. The predicted molar refractivity (Wildman–Crippen MR) is 172 cm³/mol. The van der Waals surface area contributed by atoms with Crippen LogP contribution in [-0.4, -0.2) is 53.0 Å². The first-order valence-corrected chi connectivity index (χ1v) is 15.2. The number of aromatic nitrogens is 3. The van der Waals surface area contributed by atoms with Crippen LogP contribution in [0, 0.1) is 38.5 Å². The molecular formula is C35H36MgN4O5-2. The Morgan fingerprint density at radius 1 is 0.889 bits per heavy atom. The molecule has 230 valence electrons. The number of carbonyl (C=O) groups excluding carboxylic acids is 2. The third-order valence-corrected chi connectivity index (χ3v) is 9.65. The fourth-order valence-corrected chi connectivity index (χ4v) is 7.15. The molecule has 0 spiro atoms. The Kier molecular flexibility index (Phi) is 8.85. The van der Waals surface area contributed by atoms with E-state index in [4.69, 9.17) is 25.0 Å². The summed E-state index contributed by atoms with van der Waals surface area (Å²) < 4.78 is 5.12. The minimum atomic E-state index is -1.22. The van der Waals surface area contributed by atoms with E-state index in [1.807, 2.05) is 26.0 Å². The van der Waals surface area contributed by atoms with E-state index in [2.05, 4.69) is 33.8 Å². The summed E-state index contributed by atoms with van der Waals surface area (Å²) in [5.74, 6) is -3.73. The monoisotopic (exact) mass is 616 g/mol. The molecule has 3 aromatic rings. The molecule has 3 aromatic heterocycles. The Labute approximate surface area is 278 Å². The largest absolute Gasteiger partial charge is 2.00 e. The van der Waals surface area contributed by atoms with E-state index in [0.29, 0.717) is 33.8 Å². The van der Waals surface area contributed by atoms with Gasteiger partial charge in [-0.15, -0.1) is 33.5 Å². The quantitative estimate of drug-likeness (QED) is 0.253. The van der Waals surface area contributed by atoms with Gasteiger partial charge in [-0.3, -0.25) is 14.4 Å². The first-order valence-electron chi connectivity index (χ1n) is 15.2. The summed E-state index contributed by atoms with van der Waals surface area (Å²) in [7, 11) is 1.26. The number of aliphatic carboxylic acids is 1. The fourth-order valence-electron chi connectivity index (χ4n) is 7.15. The van der Waals surface area contributed by atoms with Crippen molar-refractivity contribution in [3.63, 3.8) is 0 Å². The van der Waals surface area contributed by atoms with Gasteiger partial charge in [0.15, 0.2) is 5.78 Å². The number of esters is 1. The Morgan fingerprint density at radius 2 is 1.56 bits per heavy atom. The van der Waals surface area contributed by atoms with Gasteiger partial charge in [-0.2, -0.15) is 11.4 Å². The Hall–Kier alpha value is -3.76. The van der Waals surface area contributed by atoms with Gasteiger partial charge in [0.2, 0.25) is 0 Å². The number of rotatable bonds is 6. The van der Waals surface area contributed by atoms with Crippen LogP contribution in [0.4, 0.5) is 0 Å². The molecule has 8 bridgehead atoms. The molecule has 3 aliphatic rings. The third kappa shape index (κ3) is 5.12. The molecule has 9 nitrogen and oxygen atoms in total. The molecule has 0 amide bonds. The van der Waals surface area contributed by atoms with Crippen molar-refractivity contribution in [2.24, 2.45) is 17.8 Å². The minimum Gasteiger partial charge on any atom is -0.664 e. The summed E-state index contributed by atoms with van der Waals surface area (Å²) in [5, 5.41) is 16.3. The van der Waals surface area contributed by atoms with Crippen molar-refractivity contribution in [1.29, 1.82) is 0 Å². The number of carbonyl (C=O) groups is 3. The third-order valence-electron chi connectivity index (χ3n) is 9.65. The number of ketones is 1. The molecule has 1 N–H and O–H groups in total. The molecule has 1 fully saturated rings. The number of fused-ring (bicyclic) bond motifs is 7. The van der Waals surface area contributed by atoms with Gasteiger partial charge in [-0.05, 0) is 51.9 Å². The molecule has 2 aliphatic heterocycles. The molecule has 0 saturated carbocycles. The normalized spacial score (nSPS) is 24.1. The molecule has 5 heterocycles. The number of allylic oxidation sites excluding steroid dienone is 2. The molecule has 1 saturated heterocycles. The molecule has 0 radical (unpaired) electrons. The first-order chi connectivity index (χ1) is 21.0. The maximum Gasteiger partial charge on any atom is 2.00 e. The van der Waals surface area contributed by atoms with E-state index in [-0.39, 0.29) is 53.5 Å². The zero-order valence-electron chi connectivity index (χ0n) is 26.9. The van der Waals surface area contributed by atoms with Gasteiger partial charge in [-0.25, -0.2) is 0 Å². The number of Topliss-reactive ketones (excluding diaryl/α,β-unsaturated/α-hetero) is 1. The molecule has 45 heavy (non-hydrogen) atoms. The molecule has 1 aliphatic carbocycles. The van der Waals surface area contributed by atoms with Crippen molar-refractivity contribution in [2.75, 3.05) is 7.11 Å². The molecule has 0 unspecified atom stereocenters. The molecular weight excluding hydrogens is 581 g/mol. The van der Waals surface area contributed by atoms with Crippen LogP contribution in [0.1, 0.15) is 94.6 Å². The number of methoxy groups -OCH3 is 1. The fraction of sp³-hybridized carbons (Fsp3) is 0.400. The molecule has 3 atom stereocenters. The second-order valence-electron chi connectivity index (χ2n) is 11.9. The average Bonchev–Trinajstić information content (AvgIpc) is 3.72. The average molecular weight is 617 g/mol. The van der Waals surface area contributed by atoms with Crippen molar-refractivity contribution in [3.8, 4) is 0 Å². The summed E-state index contributed by atoms with van der Waals surface area (Å²) in [4.78, 5) is 53.9. The molecule has 10 heteroatoms. The van der Waals surface area contributed by atoms with Crippen molar-refractivity contribution in [3.05, 3.63) is 83.6 Å². The maximum absolute atomic E-state index is 14.0. The number of nitrogens with zero attached hydrogens (tertiary/aromatic N) is 4. The van der Waals surface area contributed by atoms with Crippen LogP contribution in [0.25, 0.3) is 29.1 Å². The maximum atomic E-state index is 14.0. The van der Waals surface area contributed by atoms with E-state index in [9.17, 15) is 19.5 Å². The first kappa shape index (κ1) is 32.6. The number of carboxylic acids is 1. The van der Waals surface area contributed by atoms with Crippen molar-refractivity contribution < 1.29 is 24.2 Å². The standard InChI is InChI=1S/C35H38N4O5.Mg/c1-8-19-15(3)22-12-24-17(5)21(10-11-28(40)41)32(38-24)30-31(35(43)44-7)34(42)29-18(6)25(39-33(29)30)14-27-20(9-2)16(4)23(37-27)13-26(19)36-22;/h12-14,17,21,31H,8-11H2,1-7H3,(H3,38,39,40,41,42);/q-2;+2/p-2/b23-13-,24-12-,27-14-;/t17-,21-,31+;/m0./s1.